The third-order valence-corrected chi connectivity index (χ3v) is 5.85. The summed E-state index contributed by atoms with van der Waals surface area (Å²) in [4.78, 5) is 27.2. The van der Waals surface area contributed by atoms with Gasteiger partial charge in [0.15, 0.2) is 0 Å². The maximum atomic E-state index is 12.5. The first-order valence-corrected chi connectivity index (χ1v) is 10.8. The second-order valence-electron chi connectivity index (χ2n) is 7.80. The number of halogens is 1. The fourth-order valence-corrected chi connectivity index (χ4v) is 4.07. The Hall–Kier alpha value is -3.12. The molecular weight excluding hydrogens is 412 g/mol. The van der Waals surface area contributed by atoms with Crippen molar-refractivity contribution in [3.63, 3.8) is 0 Å². The van der Waals surface area contributed by atoms with Gasteiger partial charge in [0.25, 0.3) is 5.56 Å². The molecule has 0 radical (unpaired) electrons. The highest BCUT2D eigenvalue weighted by molar-refractivity contribution is 6.30. The molecule has 4 rings (SSSR count). The van der Waals surface area contributed by atoms with Gasteiger partial charge < -0.3 is 10.2 Å². The number of rotatable bonds is 6. The number of aromatic nitrogens is 2. The molecule has 1 aliphatic rings. The van der Waals surface area contributed by atoms with E-state index in [0.29, 0.717) is 18.1 Å². The van der Waals surface area contributed by atoms with Crippen molar-refractivity contribution in [3.05, 3.63) is 93.4 Å². The monoisotopic (exact) mass is 436 g/mol. The number of amides is 1. The molecule has 7 heteroatoms. The number of benzene rings is 2. The van der Waals surface area contributed by atoms with E-state index in [1.807, 2.05) is 54.6 Å². The number of carbonyl (C=O) groups is 1. The first kappa shape index (κ1) is 21.1. The number of hydrogen-bond donors (Lipinski definition) is 1. The van der Waals surface area contributed by atoms with E-state index in [0.717, 1.165) is 42.7 Å². The minimum atomic E-state index is -0.122. The normalized spacial score (nSPS) is 14.4. The van der Waals surface area contributed by atoms with Gasteiger partial charge in [0.2, 0.25) is 5.91 Å². The first-order valence-electron chi connectivity index (χ1n) is 10.5. The third kappa shape index (κ3) is 5.52. The van der Waals surface area contributed by atoms with Crippen molar-refractivity contribution in [2.75, 3.05) is 18.0 Å². The van der Waals surface area contributed by atoms with Gasteiger partial charge >= 0.3 is 0 Å². The van der Waals surface area contributed by atoms with Crippen molar-refractivity contribution in [1.29, 1.82) is 0 Å². The molecule has 1 saturated heterocycles. The van der Waals surface area contributed by atoms with Crippen LogP contribution in [0.15, 0.2) is 71.7 Å². The van der Waals surface area contributed by atoms with E-state index in [2.05, 4.69) is 15.3 Å². The third-order valence-electron chi connectivity index (χ3n) is 5.62. The summed E-state index contributed by atoms with van der Waals surface area (Å²) >= 11 is 6.00. The van der Waals surface area contributed by atoms with Gasteiger partial charge in [-0.25, -0.2) is 4.68 Å². The lowest BCUT2D eigenvalue weighted by atomic mass is 9.95. The molecule has 0 saturated carbocycles. The van der Waals surface area contributed by atoms with E-state index in [4.69, 9.17) is 11.6 Å². The molecule has 1 fully saturated rings. The lowest BCUT2D eigenvalue weighted by Crippen LogP contribution is -2.41. The van der Waals surface area contributed by atoms with Crippen LogP contribution in [0.25, 0.3) is 0 Å². The number of nitrogens with one attached hydrogen (secondary N) is 1. The Labute approximate surface area is 186 Å². The molecule has 0 atom stereocenters. The van der Waals surface area contributed by atoms with Gasteiger partial charge in [-0.2, -0.15) is 5.10 Å². The molecule has 2 heterocycles. The largest absolute Gasteiger partial charge is 0.370 e. The van der Waals surface area contributed by atoms with E-state index in [1.54, 1.807) is 12.3 Å². The predicted octanol–water partition coefficient (Wildman–Crippen LogP) is 3.48. The standard InChI is InChI=1S/C24H25ClN4O2/c25-21-8-4-7-19(13-21)15-26-24(31)20-9-11-28(12-10-20)22-14-23(30)29(27-16-22)17-18-5-2-1-3-6-18/h1-8,13-14,16,20H,9-12,15,17H2,(H,26,31). The van der Waals surface area contributed by atoms with Crippen LogP contribution in [0.4, 0.5) is 5.69 Å². The molecule has 0 spiro atoms. The summed E-state index contributed by atoms with van der Waals surface area (Å²) in [6.07, 6.45) is 3.23. The number of piperidine rings is 1. The van der Waals surface area contributed by atoms with Gasteiger partial charge in [-0.3, -0.25) is 9.59 Å². The Bertz CT molecular complexity index is 1090. The van der Waals surface area contributed by atoms with Crippen molar-refractivity contribution in [2.45, 2.75) is 25.9 Å². The molecule has 1 aliphatic heterocycles. The van der Waals surface area contributed by atoms with Crippen LogP contribution in [-0.4, -0.2) is 28.8 Å². The van der Waals surface area contributed by atoms with Crippen LogP contribution in [-0.2, 0) is 17.9 Å². The van der Waals surface area contributed by atoms with Crippen LogP contribution in [0.5, 0.6) is 0 Å². The van der Waals surface area contributed by atoms with Gasteiger partial charge in [0.05, 0.1) is 18.4 Å². The van der Waals surface area contributed by atoms with Gasteiger partial charge in [0.1, 0.15) is 0 Å². The molecular formula is C24H25ClN4O2. The minimum absolute atomic E-state index is 0.0261. The highest BCUT2D eigenvalue weighted by Crippen LogP contribution is 2.22. The fraction of sp³-hybridized carbons (Fsp3) is 0.292. The smallest absolute Gasteiger partial charge is 0.269 e. The summed E-state index contributed by atoms with van der Waals surface area (Å²) in [5, 5.41) is 8.02. The molecule has 3 aromatic rings. The Kier molecular flexibility index (Phi) is 6.67. The van der Waals surface area contributed by atoms with E-state index in [9.17, 15) is 9.59 Å². The van der Waals surface area contributed by atoms with Gasteiger partial charge in [-0.15, -0.1) is 0 Å². The summed E-state index contributed by atoms with van der Waals surface area (Å²) in [6, 6.07) is 18.9. The Morgan fingerprint density at radius 3 is 2.48 bits per heavy atom. The zero-order chi connectivity index (χ0) is 21.6. The zero-order valence-corrected chi connectivity index (χ0v) is 18.0. The van der Waals surface area contributed by atoms with E-state index < -0.39 is 0 Å². The first-order chi connectivity index (χ1) is 15.1. The summed E-state index contributed by atoms with van der Waals surface area (Å²) in [5.41, 5.74) is 2.71. The van der Waals surface area contributed by atoms with Crippen molar-refractivity contribution in [3.8, 4) is 0 Å². The highest BCUT2D eigenvalue weighted by Gasteiger charge is 2.25. The van der Waals surface area contributed by atoms with Crippen LogP contribution in [0.2, 0.25) is 5.02 Å². The topological polar surface area (TPSA) is 67.2 Å². The minimum Gasteiger partial charge on any atom is -0.370 e. The average Bonchev–Trinajstić information content (AvgIpc) is 2.80. The molecule has 0 bridgehead atoms. The van der Waals surface area contributed by atoms with Crippen LogP contribution in [0.3, 0.4) is 0 Å². The van der Waals surface area contributed by atoms with E-state index >= 15 is 0 Å². The molecule has 160 valence electrons. The summed E-state index contributed by atoms with van der Waals surface area (Å²) in [5.74, 6) is 0.0397. The van der Waals surface area contributed by atoms with Gasteiger partial charge in [-0.05, 0) is 36.1 Å². The van der Waals surface area contributed by atoms with Crippen molar-refractivity contribution in [1.82, 2.24) is 15.1 Å². The lowest BCUT2D eigenvalue weighted by molar-refractivity contribution is -0.125. The maximum absolute atomic E-state index is 12.5. The van der Waals surface area contributed by atoms with Crippen LogP contribution < -0.4 is 15.8 Å². The fourth-order valence-electron chi connectivity index (χ4n) is 3.85. The molecule has 6 nitrogen and oxygen atoms in total. The molecule has 1 amide bonds. The molecule has 0 aliphatic carbocycles. The maximum Gasteiger partial charge on any atom is 0.269 e. The van der Waals surface area contributed by atoms with E-state index in [1.165, 1.54) is 4.68 Å². The van der Waals surface area contributed by atoms with Crippen LogP contribution in [0, 0.1) is 5.92 Å². The predicted molar refractivity (Wildman–Crippen MR) is 122 cm³/mol. The van der Waals surface area contributed by atoms with E-state index in [-0.39, 0.29) is 17.4 Å². The second-order valence-corrected chi connectivity index (χ2v) is 8.24. The highest BCUT2D eigenvalue weighted by atomic mass is 35.5. The Morgan fingerprint density at radius 1 is 1.03 bits per heavy atom. The lowest BCUT2D eigenvalue weighted by Gasteiger charge is -2.32. The summed E-state index contributed by atoms with van der Waals surface area (Å²) < 4.78 is 1.47. The molecule has 31 heavy (non-hydrogen) atoms. The van der Waals surface area contributed by atoms with Gasteiger partial charge in [-0.1, -0.05) is 54.1 Å². The zero-order valence-electron chi connectivity index (χ0n) is 17.2. The SMILES string of the molecule is O=C(NCc1cccc(Cl)c1)C1CCN(c2cnn(Cc3ccccc3)c(=O)c2)CC1. The van der Waals surface area contributed by atoms with Crippen LogP contribution >= 0.6 is 11.6 Å². The van der Waals surface area contributed by atoms with Crippen molar-refractivity contribution in [2.24, 2.45) is 5.92 Å². The Morgan fingerprint density at radius 2 is 1.77 bits per heavy atom. The number of hydrogen-bond acceptors (Lipinski definition) is 4. The molecule has 0 unspecified atom stereocenters. The van der Waals surface area contributed by atoms with Crippen LogP contribution in [0.1, 0.15) is 24.0 Å². The summed E-state index contributed by atoms with van der Waals surface area (Å²) in [7, 11) is 0. The number of nitrogens with zero attached hydrogens (tertiary/aromatic N) is 3. The number of carbonyl (C=O) groups excluding carboxylic acids is 1. The molecule has 1 aromatic heterocycles. The molecule has 1 N–H and O–H groups in total. The molecule has 2 aromatic carbocycles. The Balaban J connectivity index is 1.30. The summed E-state index contributed by atoms with van der Waals surface area (Å²) in [6.45, 7) is 2.37. The van der Waals surface area contributed by atoms with Crippen molar-refractivity contribution < 1.29 is 4.79 Å². The average molecular weight is 437 g/mol. The number of anilines is 1. The quantitative estimate of drug-likeness (QED) is 0.642. The van der Waals surface area contributed by atoms with Crippen molar-refractivity contribution >= 4 is 23.2 Å². The van der Waals surface area contributed by atoms with Gasteiger partial charge in [0, 0.05) is 36.6 Å². The second kappa shape index (κ2) is 9.79.